The van der Waals surface area contributed by atoms with E-state index in [-0.39, 0.29) is 24.8 Å². The van der Waals surface area contributed by atoms with E-state index >= 15 is 0 Å². The summed E-state index contributed by atoms with van der Waals surface area (Å²) in [6, 6.07) is 13.6. The number of nitrogens with zero attached hydrogens (tertiary/aromatic N) is 2. The van der Waals surface area contributed by atoms with E-state index in [0.29, 0.717) is 15.9 Å². The summed E-state index contributed by atoms with van der Waals surface area (Å²) in [4.78, 5) is 28.7. The maximum atomic E-state index is 13.8. The molecule has 1 aromatic heterocycles. The minimum absolute atomic E-state index is 0.204. The summed E-state index contributed by atoms with van der Waals surface area (Å²) < 4.78 is 15.5. The molecule has 138 valence electrons. The molecule has 2 amide bonds. The van der Waals surface area contributed by atoms with Gasteiger partial charge in [0, 0.05) is 22.7 Å². The summed E-state index contributed by atoms with van der Waals surface area (Å²) in [5, 5.41) is 4.35. The van der Waals surface area contributed by atoms with Crippen molar-refractivity contribution in [2.24, 2.45) is 4.99 Å². The predicted octanol–water partition coefficient (Wildman–Crippen LogP) is 2.90. The zero-order valence-electron chi connectivity index (χ0n) is 14.7. The molecule has 0 saturated heterocycles. The lowest BCUT2D eigenvalue weighted by Gasteiger charge is -2.05. The molecule has 3 rings (SSSR count). The lowest BCUT2D eigenvalue weighted by atomic mass is 10.1. The molecule has 2 aromatic carbocycles. The minimum atomic E-state index is -0.472. The van der Waals surface area contributed by atoms with E-state index in [0.717, 1.165) is 5.56 Å². The molecule has 1 heterocycles. The Bertz CT molecular complexity index is 1040. The number of amides is 2. The smallest absolute Gasteiger partial charge is 0.267 e. The molecule has 0 spiro atoms. The molecule has 1 N–H and O–H groups in total. The van der Waals surface area contributed by atoms with E-state index in [2.05, 4.69) is 10.3 Å². The number of carbonyl (C=O) groups excluding carboxylic acids is 2. The highest BCUT2D eigenvalue weighted by molar-refractivity contribution is 7.07. The van der Waals surface area contributed by atoms with Crippen molar-refractivity contribution in [3.05, 3.63) is 87.4 Å². The van der Waals surface area contributed by atoms with E-state index < -0.39 is 5.91 Å². The number of thiazole rings is 1. The van der Waals surface area contributed by atoms with Gasteiger partial charge in [0.1, 0.15) is 5.82 Å². The van der Waals surface area contributed by atoms with E-state index in [4.69, 9.17) is 0 Å². The summed E-state index contributed by atoms with van der Waals surface area (Å²) >= 11 is 1.28. The SMILES string of the molecule is Cc1cccc(C(=O)NCC(=O)N=c2sccn2Cc2ccccc2F)c1. The van der Waals surface area contributed by atoms with E-state index in [1.807, 2.05) is 13.0 Å². The quantitative estimate of drug-likeness (QED) is 0.736. The molecule has 0 radical (unpaired) electrons. The van der Waals surface area contributed by atoms with Gasteiger partial charge in [-0.05, 0) is 25.1 Å². The van der Waals surface area contributed by atoms with Crippen LogP contribution in [0.4, 0.5) is 4.39 Å². The van der Waals surface area contributed by atoms with Gasteiger partial charge in [-0.15, -0.1) is 11.3 Å². The second-order valence-electron chi connectivity index (χ2n) is 5.96. The van der Waals surface area contributed by atoms with E-state index in [1.165, 1.54) is 17.4 Å². The Balaban J connectivity index is 1.67. The molecule has 0 aliphatic carbocycles. The number of halogens is 1. The fourth-order valence-corrected chi connectivity index (χ4v) is 3.25. The van der Waals surface area contributed by atoms with Crippen molar-refractivity contribution in [1.82, 2.24) is 9.88 Å². The first-order valence-electron chi connectivity index (χ1n) is 8.33. The number of aromatic nitrogens is 1. The molecule has 3 aromatic rings. The molecule has 0 bridgehead atoms. The minimum Gasteiger partial charge on any atom is -0.343 e. The Hall–Kier alpha value is -3.06. The third-order valence-corrected chi connectivity index (χ3v) is 4.65. The second kappa shape index (κ2) is 8.55. The van der Waals surface area contributed by atoms with E-state index in [1.54, 1.807) is 52.5 Å². The Morgan fingerprint density at radius 3 is 2.78 bits per heavy atom. The van der Waals surface area contributed by atoms with Gasteiger partial charge in [-0.25, -0.2) is 4.39 Å². The van der Waals surface area contributed by atoms with Gasteiger partial charge in [0.05, 0.1) is 13.1 Å². The van der Waals surface area contributed by atoms with Crippen LogP contribution in [0.2, 0.25) is 0 Å². The predicted molar refractivity (Wildman–Crippen MR) is 102 cm³/mol. The summed E-state index contributed by atoms with van der Waals surface area (Å²) in [7, 11) is 0. The van der Waals surface area contributed by atoms with Crippen LogP contribution >= 0.6 is 11.3 Å². The van der Waals surface area contributed by atoms with Crippen LogP contribution in [0, 0.1) is 12.7 Å². The van der Waals surface area contributed by atoms with Gasteiger partial charge in [0.25, 0.3) is 11.8 Å². The van der Waals surface area contributed by atoms with Crippen molar-refractivity contribution in [1.29, 1.82) is 0 Å². The third-order valence-electron chi connectivity index (χ3n) is 3.86. The molecule has 5 nitrogen and oxygen atoms in total. The molecule has 0 atom stereocenters. The number of hydrogen-bond donors (Lipinski definition) is 1. The summed E-state index contributed by atoms with van der Waals surface area (Å²) in [6.07, 6.45) is 1.74. The molecular weight excluding hydrogens is 365 g/mol. The highest BCUT2D eigenvalue weighted by atomic mass is 32.1. The first kappa shape index (κ1) is 18.7. The molecule has 0 unspecified atom stereocenters. The Morgan fingerprint density at radius 2 is 2.00 bits per heavy atom. The van der Waals surface area contributed by atoms with Crippen LogP contribution in [0.1, 0.15) is 21.5 Å². The van der Waals surface area contributed by atoms with Crippen molar-refractivity contribution in [3.63, 3.8) is 0 Å². The monoisotopic (exact) mass is 383 g/mol. The van der Waals surface area contributed by atoms with Gasteiger partial charge in [-0.1, -0.05) is 35.9 Å². The lowest BCUT2D eigenvalue weighted by molar-refractivity contribution is -0.117. The maximum Gasteiger partial charge on any atom is 0.267 e. The van der Waals surface area contributed by atoms with Crippen LogP contribution in [0.5, 0.6) is 0 Å². The zero-order chi connectivity index (χ0) is 19.2. The number of carbonyl (C=O) groups is 2. The molecule has 0 fully saturated rings. The van der Waals surface area contributed by atoms with Gasteiger partial charge in [-0.2, -0.15) is 4.99 Å². The molecule has 7 heteroatoms. The normalized spacial score (nSPS) is 11.4. The average molecular weight is 383 g/mol. The van der Waals surface area contributed by atoms with E-state index in [9.17, 15) is 14.0 Å². The Morgan fingerprint density at radius 1 is 1.19 bits per heavy atom. The van der Waals surface area contributed by atoms with Crippen molar-refractivity contribution in [2.75, 3.05) is 6.54 Å². The fraction of sp³-hybridized carbons (Fsp3) is 0.150. The highest BCUT2D eigenvalue weighted by Gasteiger charge is 2.09. The molecule has 0 aliphatic heterocycles. The van der Waals surface area contributed by atoms with Crippen LogP contribution in [0.3, 0.4) is 0 Å². The van der Waals surface area contributed by atoms with Gasteiger partial charge in [0.2, 0.25) is 0 Å². The average Bonchev–Trinajstić information content (AvgIpc) is 3.08. The topological polar surface area (TPSA) is 63.5 Å². The number of benzene rings is 2. The van der Waals surface area contributed by atoms with Crippen molar-refractivity contribution < 1.29 is 14.0 Å². The number of hydrogen-bond acceptors (Lipinski definition) is 3. The summed E-state index contributed by atoms with van der Waals surface area (Å²) in [5.74, 6) is -1.10. The first-order chi connectivity index (χ1) is 13.0. The summed E-state index contributed by atoms with van der Waals surface area (Å²) in [6.45, 7) is 1.96. The lowest BCUT2D eigenvalue weighted by Crippen LogP contribution is -2.30. The number of nitrogens with one attached hydrogen (secondary N) is 1. The maximum absolute atomic E-state index is 13.8. The summed E-state index contributed by atoms with van der Waals surface area (Å²) in [5.41, 5.74) is 1.97. The molecule has 27 heavy (non-hydrogen) atoms. The largest absolute Gasteiger partial charge is 0.343 e. The number of rotatable bonds is 5. The van der Waals surface area contributed by atoms with Gasteiger partial charge < -0.3 is 9.88 Å². The second-order valence-corrected chi connectivity index (χ2v) is 6.84. The van der Waals surface area contributed by atoms with Gasteiger partial charge >= 0.3 is 0 Å². The van der Waals surface area contributed by atoms with Gasteiger partial charge in [0.15, 0.2) is 4.80 Å². The number of aryl methyl sites for hydroxylation is 1. The van der Waals surface area contributed by atoms with Crippen molar-refractivity contribution >= 4 is 23.2 Å². The van der Waals surface area contributed by atoms with Crippen LogP contribution in [-0.4, -0.2) is 22.9 Å². The van der Waals surface area contributed by atoms with Crippen LogP contribution in [0.25, 0.3) is 0 Å². The van der Waals surface area contributed by atoms with Crippen LogP contribution < -0.4 is 10.1 Å². The highest BCUT2D eigenvalue weighted by Crippen LogP contribution is 2.08. The molecule has 0 aliphatic rings. The molecule has 0 saturated carbocycles. The van der Waals surface area contributed by atoms with Gasteiger partial charge in [-0.3, -0.25) is 9.59 Å². The fourth-order valence-electron chi connectivity index (χ4n) is 2.51. The zero-order valence-corrected chi connectivity index (χ0v) is 15.5. The Kier molecular flexibility index (Phi) is 5.93. The standard InChI is InChI=1S/C20H18FN3O2S/c1-14-5-4-7-15(11-14)19(26)22-12-18(25)23-20-24(9-10-27-20)13-16-6-2-3-8-17(16)21/h2-11H,12-13H2,1H3,(H,22,26). The van der Waals surface area contributed by atoms with Crippen molar-refractivity contribution in [2.45, 2.75) is 13.5 Å². The van der Waals surface area contributed by atoms with Crippen LogP contribution in [-0.2, 0) is 11.3 Å². The third kappa shape index (κ3) is 4.98. The van der Waals surface area contributed by atoms with Crippen LogP contribution in [0.15, 0.2) is 65.1 Å². The first-order valence-corrected chi connectivity index (χ1v) is 9.20. The Labute approximate surface area is 159 Å². The van der Waals surface area contributed by atoms with Crippen molar-refractivity contribution in [3.8, 4) is 0 Å². The molecular formula is C20H18FN3O2S.